The first-order valence-corrected chi connectivity index (χ1v) is 13.4. The average molecular weight is 519 g/mol. The molecule has 1 atom stereocenters. The van der Waals surface area contributed by atoms with Crippen LogP contribution in [0.5, 0.6) is 5.75 Å². The fraction of sp³-hybridized carbons (Fsp3) is 0.448. The van der Waals surface area contributed by atoms with E-state index >= 15 is 0 Å². The molecule has 2 fully saturated rings. The first-order valence-electron chi connectivity index (χ1n) is 13.4. The monoisotopic (exact) mass is 518 g/mol. The molecule has 0 saturated heterocycles. The highest BCUT2D eigenvalue weighted by atomic mass is 16.5. The van der Waals surface area contributed by atoms with Gasteiger partial charge in [0, 0.05) is 42.6 Å². The Balaban J connectivity index is 1.25. The molecule has 0 bridgehead atoms. The summed E-state index contributed by atoms with van der Waals surface area (Å²) in [5.41, 5.74) is 3.02. The Morgan fingerprint density at radius 1 is 1.08 bits per heavy atom. The van der Waals surface area contributed by atoms with E-state index in [0.29, 0.717) is 60.9 Å². The second kappa shape index (κ2) is 10.8. The van der Waals surface area contributed by atoms with Gasteiger partial charge in [0.15, 0.2) is 0 Å². The molecule has 9 nitrogen and oxygen atoms in total. The molecule has 1 aromatic heterocycles. The third-order valence-corrected chi connectivity index (χ3v) is 8.05. The van der Waals surface area contributed by atoms with E-state index in [1.165, 1.54) is 0 Å². The van der Waals surface area contributed by atoms with E-state index in [-0.39, 0.29) is 41.2 Å². The van der Waals surface area contributed by atoms with Crippen molar-refractivity contribution < 1.29 is 19.1 Å². The topological polar surface area (TPSA) is 122 Å². The van der Waals surface area contributed by atoms with Crippen LogP contribution in [-0.4, -0.2) is 40.8 Å². The van der Waals surface area contributed by atoms with E-state index in [4.69, 9.17) is 4.74 Å². The number of hydrogen-bond acceptors (Lipinski definition) is 5. The summed E-state index contributed by atoms with van der Waals surface area (Å²) < 4.78 is 7.08. The Hall–Kier alpha value is -3.88. The number of ether oxygens (including phenoxy) is 1. The molecule has 1 heterocycles. The number of hydrogen-bond donors (Lipinski definition) is 3. The highest BCUT2D eigenvalue weighted by Gasteiger charge is 2.30. The van der Waals surface area contributed by atoms with Gasteiger partial charge < -0.3 is 20.4 Å². The van der Waals surface area contributed by atoms with Crippen LogP contribution in [0.4, 0.5) is 5.69 Å². The molecule has 200 valence electrons. The smallest absolute Gasteiger partial charge is 0.326 e. The standard InChI is InChI=1S/C29H34N4O5/c1-17-9-12-20(15-25(17)38-2)31-27(35)18-10-13-21(14-11-18)33-23-7-4-6-22(26(23)32-29(33)37)28(36)30-16-19-5-3-8-24(19)34/h4,6-7,9,12,15,18-19,21H,3,5,8,10-11,13-14,16H2,1-2H3,(H,30,36)(H,31,35)(H,32,37). The second-order valence-corrected chi connectivity index (χ2v) is 10.4. The number of fused-ring (bicyclic) bond motifs is 1. The molecule has 3 aromatic rings. The minimum absolute atomic E-state index is 0.0275. The Kier molecular flexibility index (Phi) is 7.35. The lowest BCUT2D eigenvalue weighted by Gasteiger charge is -2.28. The molecular formula is C29H34N4O5. The molecule has 2 saturated carbocycles. The van der Waals surface area contributed by atoms with Crippen LogP contribution in [0.1, 0.15) is 66.9 Å². The number of imidazole rings is 1. The summed E-state index contributed by atoms with van der Waals surface area (Å²) in [4.78, 5) is 53.7. The first-order chi connectivity index (χ1) is 18.4. The minimum Gasteiger partial charge on any atom is -0.496 e. The summed E-state index contributed by atoms with van der Waals surface area (Å²) in [5.74, 6) is 0.342. The Labute approximate surface area is 220 Å². The van der Waals surface area contributed by atoms with E-state index in [2.05, 4.69) is 15.6 Å². The van der Waals surface area contributed by atoms with Crippen LogP contribution >= 0.6 is 0 Å². The highest BCUT2D eigenvalue weighted by Crippen LogP contribution is 2.34. The average Bonchev–Trinajstić information content (AvgIpc) is 3.49. The number of aryl methyl sites for hydroxylation is 1. The van der Waals surface area contributed by atoms with Crippen LogP contribution in [0.3, 0.4) is 0 Å². The Morgan fingerprint density at radius 2 is 1.87 bits per heavy atom. The number of benzene rings is 2. The predicted molar refractivity (Wildman–Crippen MR) is 145 cm³/mol. The van der Waals surface area contributed by atoms with E-state index in [1.807, 2.05) is 31.2 Å². The number of carbonyl (C=O) groups is 3. The molecule has 0 radical (unpaired) electrons. The van der Waals surface area contributed by atoms with Crippen molar-refractivity contribution in [3.63, 3.8) is 0 Å². The van der Waals surface area contributed by atoms with Crippen molar-refractivity contribution in [1.82, 2.24) is 14.9 Å². The zero-order valence-corrected chi connectivity index (χ0v) is 21.8. The number of anilines is 1. The maximum atomic E-state index is 13.0. The summed E-state index contributed by atoms with van der Waals surface area (Å²) in [6.45, 7) is 2.27. The predicted octanol–water partition coefficient (Wildman–Crippen LogP) is 4.12. The van der Waals surface area contributed by atoms with Crippen molar-refractivity contribution in [3.05, 3.63) is 58.0 Å². The lowest BCUT2D eigenvalue weighted by molar-refractivity contribution is -0.121. The highest BCUT2D eigenvalue weighted by molar-refractivity contribution is 6.05. The summed E-state index contributed by atoms with van der Waals surface area (Å²) >= 11 is 0. The molecule has 9 heteroatoms. The normalized spacial score (nSPS) is 21.4. The number of aromatic amines is 1. The molecule has 2 aliphatic rings. The van der Waals surface area contributed by atoms with Crippen LogP contribution in [0.15, 0.2) is 41.2 Å². The number of aromatic nitrogens is 2. The molecule has 0 spiro atoms. The number of nitrogens with zero attached hydrogens (tertiary/aromatic N) is 1. The van der Waals surface area contributed by atoms with E-state index in [0.717, 1.165) is 24.2 Å². The van der Waals surface area contributed by atoms with Gasteiger partial charge in [-0.15, -0.1) is 0 Å². The lowest BCUT2D eigenvalue weighted by atomic mass is 9.85. The van der Waals surface area contributed by atoms with Gasteiger partial charge in [-0.25, -0.2) is 4.79 Å². The van der Waals surface area contributed by atoms with Crippen molar-refractivity contribution in [2.75, 3.05) is 19.0 Å². The number of rotatable bonds is 7. The van der Waals surface area contributed by atoms with E-state index in [9.17, 15) is 19.2 Å². The number of carbonyl (C=O) groups excluding carboxylic acids is 3. The second-order valence-electron chi connectivity index (χ2n) is 10.4. The van der Waals surface area contributed by atoms with Crippen molar-refractivity contribution in [3.8, 4) is 5.75 Å². The molecule has 38 heavy (non-hydrogen) atoms. The fourth-order valence-corrected chi connectivity index (χ4v) is 5.85. The zero-order valence-electron chi connectivity index (χ0n) is 21.8. The molecule has 2 amide bonds. The van der Waals surface area contributed by atoms with Gasteiger partial charge in [-0.05, 0) is 69.2 Å². The number of methoxy groups -OCH3 is 1. The zero-order chi connectivity index (χ0) is 26.8. The van der Waals surface area contributed by atoms with Crippen molar-refractivity contribution >= 4 is 34.3 Å². The number of nitrogens with one attached hydrogen (secondary N) is 3. The number of Topliss-reactive ketones (excluding diaryl/α,β-unsaturated/α-hetero) is 1. The largest absolute Gasteiger partial charge is 0.496 e. The van der Waals surface area contributed by atoms with Crippen LogP contribution in [0.25, 0.3) is 11.0 Å². The molecule has 5 rings (SSSR count). The quantitative estimate of drug-likeness (QED) is 0.434. The summed E-state index contributed by atoms with van der Waals surface area (Å²) in [6, 6.07) is 10.8. The molecular weight excluding hydrogens is 484 g/mol. The molecule has 3 N–H and O–H groups in total. The van der Waals surface area contributed by atoms with Gasteiger partial charge in [0.25, 0.3) is 5.91 Å². The Morgan fingerprint density at radius 3 is 2.58 bits per heavy atom. The van der Waals surface area contributed by atoms with Gasteiger partial charge in [0.2, 0.25) is 5.91 Å². The summed E-state index contributed by atoms with van der Waals surface area (Å²) in [7, 11) is 1.61. The third-order valence-electron chi connectivity index (χ3n) is 8.05. The maximum Gasteiger partial charge on any atom is 0.326 e. The molecule has 2 aromatic carbocycles. The van der Waals surface area contributed by atoms with E-state index < -0.39 is 0 Å². The SMILES string of the molecule is COc1cc(NC(=O)C2CCC(n3c(=O)[nH]c4c(C(=O)NCC5CCCC5=O)cccc43)CC2)ccc1C. The lowest BCUT2D eigenvalue weighted by Crippen LogP contribution is -2.31. The summed E-state index contributed by atoms with van der Waals surface area (Å²) in [6.07, 6.45) is 4.94. The molecule has 1 unspecified atom stereocenters. The van der Waals surface area contributed by atoms with Gasteiger partial charge in [-0.1, -0.05) is 12.1 Å². The van der Waals surface area contributed by atoms with Crippen LogP contribution in [0, 0.1) is 18.8 Å². The molecule has 0 aliphatic heterocycles. The summed E-state index contributed by atoms with van der Waals surface area (Å²) in [5, 5.41) is 5.88. The third kappa shape index (κ3) is 5.10. The number of para-hydroxylation sites is 1. The van der Waals surface area contributed by atoms with Crippen LogP contribution in [-0.2, 0) is 9.59 Å². The van der Waals surface area contributed by atoms with Gasteiger partial charge in [-0.2, -0.15) is 0 Å². The van der Waals surface area contributed by atoms with E-state index in [1.54, 1.807) is 23.8 Å². The number of H-pyrrole nitrogens is 1. The fourth-order valence-electron chi connectivity index (χ4n) is 5.85. The van der Waals surface area contributed by atoms with Gasteiger partial charge >= 0.3 is 5.69 Å². The minimum atomic E-state index is -0.295. The maximum absolute atomic E-state index is 13.0. The van der Waals surface area contributed by atoms with Crippen molar-refractivity contribution in [2.24, 2.45) is 11.8 Å². The molecule has 2 aliphatic carbocycles. The van der Waals surface area contributed by atoms with Crippen LogP contribution in [0.2, 0.25) is 0 Å². The first kappa shape index (κ1) is 25.8. The Bertz CT molecular complexity index is 1430. The van der Waals surface area contributed by atoms with Crippen LogP contribution < -0.4 is 21.1 Å². The van der Waals surface area contributed by atoms with Gasteiger partial charge in [0.1, 0.15) is 11.5 Å². The van der Waals surface area contributed by atoms with Crippen molar-refractivity contribution in [1.29, 1.82) is 0 Å². The van der Waals surface area contributed by atoms with Crippen molar-refractivity contribution in [2.45, 2.75) is 57.9 Å². The van der Waals surface area contributed by atoms with Gasteiger partial charge in [-0.3, -0.25) is 19.0 Å². The number of ketones is 1. The number of amides is 2. The van der Waals surface area contributed by atoms with Gasteiger partial charge in [0.05, 0.1) is 23.7 Å².